The molecule has 0 aliphatic rings. The number of anilines is 1. The molecule has 4 heterocycles. The number of carbonyl (C=O) groups excluding carboxylic acids is 2. The van der Waals surface area contributed by atoms with Crippen molar-refractivity contribution in [1.29, 1.82) is 0 Å². The van der Waals surface area contributed by atoms with Crippen LogP contribution in [0.2, 0.25) is 10.0 Å². The molecule has 0 bridgehead atoms. The predicted molar refractivity (Wildman–Crippen MR) is 149 cm³/mol. The quantitative estimate of drug-likeness (QED) is 0.185. The highest BCUT2D eigenvalue weighted by molar-refractivity contribution is 7.21. The lowest BCUT2D eigenvalue weighted by molar-refractivity contribution is 0.0992. The van der Waals surface area contributed by atoms with Crippen molar-refractivity contribution in [2.45, 2.75) is 20.0 Å². The number of ether oxygens (including phenoxy) is 1. The number of nitrogens with two attached hydrogens (primary N) is 1. The Bertz CT molecular complexity index is 1730. The molecule has 0 spiro atoms. The van der Waals surface area contributed by atoms with Gasteiger partial charge < -0.3 is 20.2 Å². The fourth-order valence-electron chi connectivity index (χ4n) is 3.79. The van der Waals surface area contributed by atoms with Gasteiger partial charge in [-0.05, 0) is 49.4 Å². The standard InChI is InChI=1S/C26H17Cl2F2N3O4S2/c1-11-5-8-18(38-11)13-9-15(23(29)30)32-26-19(13)21(22(39-26)24(31)34)33-25(35)17-7-6-12(37-17)10-36-16-4-2-3-14(27)20(16)28/h2-9,23H,10H2,1H3,(H2,31,34)(H,33,35). The highest BCUT2D eigenvalue weighted by atomic mass is 35.5. The number of primary amides is 1. The van der Waals surface area contributed by atoms with Crippen molar-refractivity contribution < 1.29 is 27.5 Å². The number of aryl methyl sites for hydroxylation is 1. The van der Waals surface area contributed by atoms with E-state index in [1.807, 2.05) is 13.0 Å². The Morgan fingerprint density at radius 3 is 2.64 bits per heavy atom. The normalized spacial score (nSPS) is 11.3. The Hall–Kier alpha value is -3.51. The molecule has 0 aliphatic heterocycles. The molecule has 5 aromatic rings. The SMILES string of the molecule is Cc1ccc(-c2cc(C(F)F)nc3sc(C(N)=O)c(NC(=O)c4ccc(COc5cccc(Cl)c5Cl)o4)c23)s1. The van der Waals surface area contributed by atoms with Gasteiger partial charge in [-0.2, -0.15) is 0 Å². The summed E-state index contributed by atoms with van der Waals surface area (Å²) in [7, 11) is 0. The van der Waals surface area contributed by atoms with Crippen LogP contribution in [0.25, 0.3) is 20.7 Å². The summed E-state index contributed by atoms with van der Waals surface area (Å²) in [5.74, 6) is -0.942. The number of aromatic nitrogens is 1. The van der Waals surface area contributed by atoms with E-state index >= 15 is 0 Å². The van der Waals surface area contributed by atoms with Crippen LogP contribution in [0, 0.1) is 6.92 Å². The van der Waals surface area contributed by atoms with E-state index in [1.165, 1.54) is 23.5 Å². The van der Waals surface area contributed by atoms with E-state index in [4.69, 9.17) is 38.1 Å². The number of pyridine rings is 1. The van der Waals surface area contributed by atoms with Crippen LogP contribution in [0.5, 0.6) is 5.75 Å². The van der Waals surface area contributed by atoms with Crippen LogP contribution in [0.15, 0.2) is 52.9 Å². The third-order valence-corrected chi connectivity index (χ3v) is 8.48. The fourth-order valence-corrected chi connectivity index (χ4v) is 6.04. The number of amides is 2. The molecule has 0 aliphatic carbocycles. The Morgan fingerprint density at radius 1 is 1.15 bits per heavy atom. The molecule has 0 saturated carbocycles. The van der Waals surface area contributed by atoms with Gasteiger partial charge in [0.15, 0.2) is 5.76 Å². The number of rotatable bonds is 8. The van der Waals surface area contributed by atoms with Crippen molar-refractivity contribution in [2.24, 2.45) is 5.73 Å². The summed E-state index contributed by atoms with van der Waals surface area (Å²) in [5.41, 5.74) is 5.62. The first-order chi connectivity index (χ1) is 18.6. The Morgan fingerprint density at radius 2 is 1.95 bits per heavy atom. The number of halogens is 4. The second-order valence-corrected chi connectivity index (χ2v) is 11.3. The summed E-state index contributed by atoms with van der Waals surface area (Å²) in [4.78, 5) is 31.2. The maximum Gasteiger partial charge on any atom is 0.291 e. The molecule has 13 heteroatoms. The van der Waals surface area contributed by atoms with E-state index < -0.39 is 23.9 Å². The first kappa shape index (κ1) is 27.1. The number of nitrogens with zero attached hydrogens (tertiary/aromatic N) is 1. The lowest BCUT2D eigenvalue weighted by Crippen LogP contribution is -2.16. The molecule has 0 unspecified atom stereocenters. The average molecular weight is 608 g/mol. The van der Waals surface area contributed by atoms with Crippen LogP contribution in [0.4, 0.5) is 14.5 Å². The summed E-state index contributed by atoms with van der Waals surface area (Å²) < 4.78 is 38.6. The van der Waals surface area contributed by atoms with E-state index in [1.54, 1.807) is 30.3 Å². The highest BCUT2D eigenvalue weighted by Gasteiger charge is 2.26. The maximum atomic E-state index is 13.7. The Balaban J connectivity index is 1.48. The summed E-state index contributed by atoms with van der Waals surface area (Å²) in [6.07, 6.45) is -2.84. The van der Waals surface area contributed by atoms with E-state index in [0.29, 0.717) is 32.4 Å². The highest BCUT2D eigenvalue weighted by Crippen LogP contribution is 2.44. The van der Waals surface area contributed by atoms with E-state index in [-0.39, 0.29) is 32.8 Å². The molecule has 4 aromatic heterocycles. The van der Waals surface area contributed by atoms with Crippen molar-refractivity contribution in [2.75, 3.05) is 5.32 Å². The van der Waals surface area contributed by atoms with E-state index in [0.717, 1.165) is 16.2 Å². The second-order valence-electron chi connectivity index (χ2n) is 8.22. The third-order valence-electron chi connectivity index (χ3n) is 5.55. The van der Waals surface area contributed by atoms with Gasteiger partial charge >= 0.3 is 0 Å². The minimum atomic E-state index is -2.84. The topological polar surface area (TPSA) is 107 Å². The number of benzene rings is 1. The second kappa shape index (κ2) is 10.9. The summed E-state index contributed by atoms with van der Waals surface area (Å²) in [6.45, 7) is 1.84. The number of furan rings is 1. The number of alkyl halides is 2. The number of fused-ring (bicyclic) bond motifs is 1. The van der Waals surface area contributed by atoms with Gasteiger partial charge in [0.25, 0.3) is 18.2 Å². The molecule has 2 amide bonds. The van der Waals surface area contributed by atoms with Gasteiger partial charge in [0.05, 0.1) is 10.7 Å². The average Bonchev–Trinajstić information content (AvgIpc) is 3.63. The minimum Gasteiger partial charge on any atom is -0.484 e. The van der Waals surface area contributed by atoms with Crippen LogP contribution < -0.4 is 15.8 Å². The van der Waals surface area contributed by atoms with Crippen LogP contribution in [0.1, 0.15) is 43.0 Å². The van der Waals surface area contributed by atoms with Gasteiger partial charge in [0.2, 0.25) is 0 Å². The monoisotopic (exact) mass is 607 g/mol. The molecular weight excluding hydrogens is 591 g/mol. The van der Waals surface area contributed by atoms with Crippen LogP contribution in [-0.2, 0) is 6.61 Å². The van der Waals surface area contributed by atoms with Gasteiger partial charge in [-0.3, -0.25) is 9.59 Å². The summed E-state index contributed by atoms with van der Waals surface area (Å²) in [5, 5.41) is 3.58. The molecule has 39 heavy (non-hydrogen) atoms. The van der Waals surface area contributed by atoms with Crippen LogP contribution in [0.3, 0.4) is 0 Å². The van der Waals surface area contributed by atoms with E-state index in [2.05, 4.69) is 10.3 Å². The molecule has 1 aromatic carbocycles. The molecule has 0 saturated heterocycles. The zero-order valence-corrected chi connectivity index (χ0v) is 23.0. The van der Waals surface area contributed by atoms with E-state index in [9.17, 15) is 18.4 Å². The lowest BCUT2D eigenvalue weighted by Gasteiger charge is -2.09. The fraction of sp³-hybridized carbons (Fsp3) is 0.115. The molecule has 7 nitrogen and oxygen atoms in total. The number of nitrogens with one attached hydrogen (secondary N) is 1. The van der Waals surface area contributed by atoms with Crippen LogP contribution >= 0.6 is 45.9 Å². The molecule has 0 atom stereocenters. The third kappa shape index (κ3) is 5.48. The van der Waals surface area contributed by atoms with Crippen LogP contribution in [-0.4, -0.2) is 16.8 Å². The Kier molecular flexibility index (Phi) is 7.59. The first-order valence-electron chi connectivity index (χ1n) is 11.2. The van der Waals surface area contributed by atoms with Crippen molar-refractivity contribution in [1.82, 2.24) is 4.98 Å². The van der Waals surface area contributed by atoms with Gasteiger partial charge in [0.1, 0.15) is 38.5 Å². The van der Waals surface area contributed by atoms with Crippen molar-refractivity contribution in [3.8, 4) is 16.2 Å². The number of thiophene rings is 2. The zero-order valence-electron chi connectivity index (χ0n) is 19.9. The van der Waals surface area contributed by atoms with Gasteiger partial charge in [-0.1, -0.05) is 29.3 Å². The largest absolute Gasteiger partial charge is 0.484 e. The van der Waals surface area contributed by atoms with Crippen molar-refractivity contribution >= 4 is 73.6 Å². The zero-order chi connectivity index (χ0) is 27.8. The van der Waals surface area contributed by atoms with Gasteiger partial charge in [-0.15, -0.1) is 22.7 Å². The summed E-state index contributed by atoms with van der Waals surface area (Å²) >= 11 is 14.3. The first-order valence-corrected chi connectivity index (χ1v) is 13.6. The number of hydrogen-bond acceptors (Lipinski definition) is 7. The van der Waals surface area contributed by atoms with Crippen molar-refractivity contribution in [3.63, 3.8) is 0 Å². The van der Waals surface area contributed by atoms with Crippen molar-refractivity contribution in [3.05, 3.63) is 85.5 Å². The number of carbonyl (C=O) groups is 2. The molecule has 5 rings (SSSR count). The molecular formula is C26H17Cl2F2N3O4S2. The smallest absolute Gasteiger partial charge is 0.291 e. The van der Waals surface area contributed by atoms with Gasteiger partial charge in [-0.25, -0.2) is 13.8 Å². The summed E-state index contributed by atoms with van der Waals surface area (Å²) in [6, 6.07) is 12.8. The van der Waals surface area contributed by atoms with Gasteiger partial charge in [0, 0.05) is 20.7 Å². The molecule has 3 N–H and O–H groups in total. The Labute approximate surface area is 238 Å². The lowest BCUT2D eigenvalue weighted by atomic mass is 10.1. The molecule has 0 fully saturated rings. The minimum absolute atomic E-state index is 0.0301. The number of hydrogen-bond donors (Lipinski definition) is 2. The maximum absolute atomic E-state index is 13.7. The molecule has 0 radical (unpaired) electrons. The molecule has 200 valence electrons. The predicted octanol–water partition coefficient (Wildman–Crippen LogP) is 8.10.